The predicted octanol–water partition coefficient (Wildman–Crippen LogP) is 4.48. The van der Waals surface area contributed by atoms with Gasteiger partial charge in [-0.2, -0.15) is 0 Å². The van der Waals surface area contributed by atoms with Crippen molar-refractivity contribution in [1.29, 1.82) is 0 Å². The Labute approximate surface area is 168 Å². The number of benzene rings is 2. The predicted molar refractivity (Wildman–Crippen MR) is 116 cm³/mol. The maximum atomic E-state index is 12.4. The Bertz CT molecular complexity index is 1120. The average Bonchev–Trinajstić information content (AvgIpc) is 3.18. The van der Waals surface area contributed by atoms with E-state index in [1.165, 1.54) is 10.9 Å². The van der Waals surface area contributed by atoms with Crippen LogP contribution in [0.5, 0.6) is 5.75 Å². The second-order valence-corrected chi connectivity index (χ2v) is 6.62. The van der Waals surface area contributed by atoms with Crippen molar-refractivity contribution in [3.05, 3.63) is 84.2 Å². The Morgan fingerprint density at radius 3 is 2.72 bits per heavy atom. The third kappa shape index (κ3) is 4.21. The van der Waals surface area contributed by atoms with Crippen LogP contribution in [0.25, 0.3) is 10.9 Å². The number of aromatic nitrogens is 2. The van der Waals surface area contributed by atoms with Crippen molar-refractivity contribution in [2.75, 3.05) is 24.3 Å². The minimum absolute atomic E-state index is 0.255. The molecule has 6 nitrogen and oxygen atoms in total. The van der Waals surface area contributed by atoms with Gasteiger partial charge in [-0.05, 0) is 42.3 Å². The number of pyridine rings is 1. The number of rotatable bonds is 7. The number of ether oxygens (including phenoxy) is 1. The minimum atomic E-state index is -0.255. The van der Waals surface area contributed by atoms with Crippen LogP contribution < -0.4 is 15.4 Å². The molecule has 0 saturated heterocycles. The maximum absolute atomic E-state index is 12.4. The summed E-state index contributed by atoms with van der Waals surface area (Å²) in [6, 6.07) is 19.1. The van der Waals surface area contributed by atoms with Crippen LogP contribution in [0, 0.1) is 0 Å². The molecule has 0 saturated carbocycles. The van der Waals surface area contributed by atoms with Crippen molar-refractivity contribution in [3.8, 4) is 5.75 Å². The number of carbonyl (C=O) groups is 1. The van der Waals surface area contributed by atoms with Gasteiger partial charge >= 0.3 is 0 Å². The van der Waals surface area contributed by atoms with Crippen LogP contribution in [0.1, 0.15) is 15.9 Å². The lowest BCUT2D eigenvalue weighted by Gasteiger charge is -2.10. The number of carbonyl (C=O) groups excluding carboxylic acids is 1. The number of methoxy groups -OCH3 is 1. The summed E-state index contributed by atoms with van der Waals surface area (Å²) < 4.78 is 5.23. The van der Waals surface area contributed by atoms with Crippen molar-refractivity contribution in [2.45, 2.75) is 6.42 Å². The maximum Gasteiger partial charge on any atom is 0.260 e. The molecule has 0 aliphatic carbocycles. The molecule has 3 N–H and O–H groups in total. The van der Waals surface area contributed by atoms with Crippen LogP contribution in [0.4, 0.5) is 11.5 Å². The molecule has 0 radical (unpaired) electrons. The molecule has 0 unspecified atom stereocenters. The molecule has 4 rings (SSSR count). The largest absolute Gasteiger partial charge is 0.496 e. The van der Waals surface area contributed by atoms with E-state index in [0.29, 0.717) is 17.1 Å². The standard InChI is InChI=1S/C23H22N4O2/c1-29-21-9-5-3-7-19(21)23(28)27-22-11-10-17(15-26-22)24-13-12-16-14-25-20-8-4-2-6-18(16)20/h2-11,14-15,24-25H,12-13H2,1H3,(H,26,27,28). The zero-order chi connectivity index (χ0) is 20.1. The number of fused-ring (bicyclic) bond motifs is 1. The highest BCUT2D eigenvalue weighted by Crippen LogP contribution is 2.20. The van der Waals surface area contributed by atoms with Crippen molar-refractivity contribution < 1.29 is 9.53 Å². The van der Waals surface area contributed by atoms with E-state index in [1.807, 2.05) is 18.2 Å². The first kappa shape index (κ1) is 18.6. The number of anilines is 2. The number of H-pyrrole nitrogens is 1. The molecule has 2 aromatic heterocycles. The van der Waals surface area contributed by atoms with Gasteiger partial charge < -0.3 is 20.4 Å². The summed E-state index contributed by atoms with van der Waals surface area (Å²) in [5, 5.41) is 7.42. The van der Waals surface area contributed by atoms with Gasteiger partial charge in [0.2, 0.25) is 0 Å². The summed E-state index contributed by atoms with van der Waals surface area (Å²) in [6.45, 7) is 0.788. The van der Waals surface area contributed by atoms with Gasteiger partial charge in [-0.25, -0.2) is 4.98 Å². The molecule has 1 amide bonds. The van der Waals surface area contributed by atoms with Gasteiger partial charge in [-0.3, -0.25) is 4.79 Å². The van der Waals surface area contributed by atoms with Gasteiger partial charge in [0.05, 0.1) is 24.6 Å². The molecule has 0 spiro atoms. The number of para-hydroxylation sites is 2. The quantitative estimate of drug-likeness (QED) is 0.438. The number of nitrogens with zero attached hydrogens (tertiary/aromatic N) is 1. The second kappa shape index (κ2) is 8.48. The first-order valence-corrected chi connectivity index (χ1v) is 9.44. The van der Waals surface area contributed by atoms with Crippen LogP contribution >= 0.6 is 0 Å². The molecule has 4 aromatic rings. The van der Waals surface area contributed by atoms with E-state index >= 15 is 0 Å². The lowest BCUT2D eigenvalue weighted by atomic mass is 10.1. The van der Waals surface area contributed by atoms with Gasteiger partial charge in [0.25, 0.3) is 5.91 Å². The SMILES string of the molecule is COc1ccccc1C(=O)Nc1ccc(NCCc2c[nH]c3ccccc23)cn1. The summed E-state index contributed by atoms with van der Waals surface area (Å²) in [4.78, 5) is 20.1. The number of hydrogen-bond acceptors (Lipinski definition) is 4. The van der Waals surface area contributed by atoms with Gasteiger partial charge in [0.1, 0.15) is 11.6 Å². The van der Waals surface area contributed by atoms with E-state index in [2.05, 4.69) is 45.0 Å². The molecule has 0 aliphatic heterocycles. The molecular formula is C23H22N4O2. The van der Waals surface area contributed by atoms with E-state index in [4.69, 9.17) is 4.74 Å². The molecule has 0 fully saturated rings. The summed E-state index contributed by atoms with van der Waals surface area (Å²) in [5.41, 5.74) is 3.80. The highest BCUT2D eigenvalue weighted by atomic mass is 16.5. The average molecular weight is 386 g/mol. The Morgan fingerprint density at radius 1 is 1.07 bits per heavy atom. The van der Waals surface area contributed by atoms with Crippen LogP contribution in [-0.4, -0.2) is 29.5 Å². The van der Waals surface area contributed by atoms with E-state index in [0.717, 1.165) is 24.2 Å². The summed E-state index contributed by atoms with van der Waals surface area (Å²) in [6.07, 6.45) is 4.67. The monoisotopic (exact) mass is 386 g/mol. The first-order chi connectivity index (χ1) is 14.2. The lowest BCUT2D eigenvalue weighted by Crippen LogP contribution is -2.14. The van der Waals surface area contributed by atoms with Crippen molar-refractivity contribution in [2.24, 2.45) is 0 Å². The second-order valence-electron chi connectivity index (χ2n) is 6.62. The molecule has 0 atom stereocenters. The molecule has 2 aromatic carbocycles. The number of hydrogen-bond donors (Lipinski definition) is 3. The summed E-state index contributed by atoms with van der Waals surface area (Å²) in [7, 11) is 1.54. The number of amides is 1. The highest BCUT2D eigenvalue weighted by Gasteiger charge is 2.12. The topological polar surface area (TPSA) is 79.0 Å². The van der Waals surface area contributed by atoms with Gasteiger partial charge in [-0.15, -0.1) is 0 Å². The zero-order valence-corrected chi connectivity index (χ0v) is 16.1. The summed E-state index contributed by atoms with van der Waals surface area (Å²) in [5.74, 6) is 0.763. The zero-order valence-electron chi connectivity index (χ0n) is 16.1. The number of aromatic amines is 1. The van der Waals surface area contributed by atoms with E-state index < -0.39 is 0 Å². The minimum Gasteiger partial charge on any atom is -0.496 e. The Kier molecular flexibility index (Phi) is 5.42. The number of nitrogens with one attached hydrogen (secondary N) is 3. The lowest BCUT2D eigenvalue weighted by molar-refractivity contribution is 0.102. The third-order valence-corrected chi connectivity index (χ3v) is 4.76. The van der Waals surface area contributed by atoms with Crippen molar-refractivity contribution in [1.82, 2.24) is 9.97 Å². The molecule has 0 bridgehead atoms. The molecule has 29 heavy (non-hydrogen) atoms. The van der Waals surface area contributed by atoms with Crippen LogP contribution in [0.3, 0.4) is 0 Å². The van der Waals surface area contributed by atoms with E-state index in [1.54, 1.807) is 37.6 Å². The highest BCUT2D eigenvalue weighted by molar-refractivity contribution is 6.05. The normalized spacial score (nSPS) is 10.7. The Morgan fingerprint density at radius 2 is 1.90 bits per heavy atom. The Hall–Kier alpha value is -3.80. The first-order valence-electron chi connectivity index (χ1n) is 9.44. The fourth-order valence-electron chi connectivity index (χ4n) is 3.27. The van der Waals surface area contributed by atoms with E-state index in [9.17, 15) is 4.79 Å². The van der Waals surface area contributed by atoms with Crippen LogP contribution in [-0.2, 0) is 6.42 Å². The van der Waals surface area contributed by atoms with E-state index in [-0.39, 0.29) is 5.91 Å². The van der Waals surface area contributed by atoms with Gasteiger partial charge in [0, 0.05) is 23.6 Å². The molecule has 6 heteroatoms. The fraction of sp³-hybridized carbons (Fsp3) is 0.130. The van der Waals surface area contributed by atoms with Crippen molar-refractivity contribution in [3.63, 3.8) is 0 Å². The molecule has 146 valence electrons. The summed E-state index contributed by atoms with van der Waals surface area (Å²) >= 11 is 0. The molecular weight excluding hydrogens is 364 g/mol. The van der Waals surface area contributed by atoms with Crippen molar-refractivity contribution >= 4 is 28.3 Å². The van der Waals surface area contributed by atoms with Gasteiger partial charge in [-0.1, -0.05) is 30.3 Å². The Balaban J connectivity index is 1.34. The van der Waals surface area contributed by atoms with Crippen LogP contribution in [0.15, 0.2) is 73.1 Å². The van der Waals surface area contributed by atoms with Gasteiger partial charge in [0.15, 0.2) is 0 Å². The molecule has 2 heterocycles. The molecule has 0 aliphatic rings. The fourth-order valence-corrected chi connectivity index (χ4v) is 3.27. The smallest absolute Gasteiger partial charge is 0.260 e. The third-order valence-electron chi connectivity index (χ3n) is 4.76. The van der Waals surface area contributed by atoms with Crippen LogP contribution in [0.2, 0.25) is 0 Å².